The van der Waals surface area contributed by atoms with E-state index in [0.717, 1.165) is 16.7 Å². The molecule has 2 atom stereocenters. The number of aryl methyl sites for hydroxylation is 2. The van der Waals surface area contributed by atoms with Gasteiger partial charge < -0.3 is 9.64 Å². The Balaban J connectivity index is 1.48. The Kier molecular flexibility index (Phi) is 5.21. The molecule has 2 aliphatic heterocycles. The fraction of sp³-hybridized carbons (Fsp3) is 0.348. The second-order valence-electron chi connectivity index (χ2n) is 7.59. The van der Waals surface area contributed by atoms with Crippen molar-refractivity contribution in [1.82, 2.24) is 4.90 Å². The molecule has 0 bridgehead atoms. The van der Waals surface area contributed by atoms with Crippen LogP contribution < -0.4 is 0 Å². The van der Waals surface area contributed by atoms with Crippen LogP contribution in [0.4, 0.5) is 0 Å². The monoisotopic (exact) mass is 409 g/mol. The highest BCUT2D eigenvalue weighted by Gasteiger charge is 2.57. The molecule has 5 nitrogen and oxygen atoms in total. The van der Waals surface area contributed by atoms with E-state index in [9.17, 15) is 14.4 Å². The molecule has 0 N–H and O–H groups in total. The molecular weight excluding hydrogens is 386 g/mol. The van der Waals surface area contributed by atoms with Crippen molar-refractivity contribution in [3.63, 3.8) is 0 Å². The minimum absolute atomic E-state index is 0.0403. The maximum Gasteiger partial charge on any atom is 0.330 e. The number of rotatable bonds is 5. The second-order valence-corrected chi connectivity index (χ2v) is 8.89. The van der Waals surface area contributed by atoms with Gasteiger partial charge in [-0.25, -0.2) is 4.79 Å². The molecule has 2 heterocycles. The van der Waals surface area contributed by atoms with Gasteiger partial charge in [0.05, 0.1) is 0 Å². The number of Topliss-reactive ketones (excluding diaryl/α,β-unsaturated/α-hetero) is 1. The van der Waals surface area contributed by atoms with Crippen LogP contribution in [0.15, 0.2) is 48.5 Å². The Hall–Kier alpha value is -2.60. The van der Waals surface area contributed by atoms with E-state index in [-0.39, 0.29) is 18.3 Å². The number of fused-ring (bicyclic) bond motifs is 1. The van der Waals surface area contributed by atoms with Gasteiger partial charge in [0.25, 0.3) is 0 Å². The quantitative estimate of drug-likeness (QED) is 0.558. The van der Waals surface area contributed by atoms with Gasteiger partial charge >= 0.3 is 5.97 Å². The summed E-state index contributed by atoms with van der Waals surface area (Å²) in [5, 5.41) is 0. The van der Waals surface area contributed by atoms with Crippen LogP contribution in [-0.2, 0) is 19.2 Å². The number of nitrogens with zero attached hydrogens (tertiary/aromatic N) is 1. The molecule has 2 fully saturated rings. The summed E-state index contributed by atoms with van der Waals surface area (Å²) in [6.45, 7) is 3.52. The van der Waals surface area contributed by atoms with Gasteiger partial charge in [0.1, 0.15) is 10.9 Å². The van der Waals surface area contributed by atoms with E-state index in [4.69, 9.17) is 4.74 Å². The smallest absolute Gasteiger partial charge is 0.330 e. The molecule has 6 heteroatoms. The molecule has 0 aromatic heterocycles. The molecule has 0 aliphatic carbocycles. The molecule has 0 saturated carbocycles. The molecule has 1 amide bonds. The number of thioether (sulfide) groups is 1. The summed E-state index contributed by atoms with van der Waals surface area (Å²) in [6, 6.07) is 14.7. The van der Waals surface area contributed by atoms with Crippen LogP contribution in [0.25, 0.3) is 0 Å². The van der Waals surface area contributed by atoms with Crippen molar-refractivity contribution in [3.8, 4) is 0 Å². The van der Waals surface area contributed by atoms with E-state index in [1.54, 1.807) is 22.7 Å². The summed E-state index contributed by atoms with van der Waals surface area (Å²) in [7, 11) is 0. The molecule has 4 rings (SSSR count). The van der Waals surface area contributed by atoms with E-state index >= 15 is 0 Å². The topological polar surface area (TPSA) is 63.7 Å². The minimum Gasteiger partial charge on any atom is -0.456 e. The van der Waals surface area contributed by atoms with Crippen molar-refractivity contribution in [3.05, 3.63) is 70.8 Å². The van der Waals surface area contributed by atoms with Crippen molar-refractivity contribution in [2.75, 3.05) is 12.4 Å². The van der Waals surface area contributed by atoms with Crippen molar-refractivity contribution in [1.29, 1.82) is 0 Å². The van der Waals surface area contributed by atoms with Crippen LogP contribution in [0, 0.1) is 13.8 Å². The highest BCUT2D eigenvalue weighted by molar-refractivity contribution is 8.00. The Morgan fingerprint density at radius 2 is 1.93 bits per heavy atom. The Labute approximate surface area is 174 Å². The molecule has 2 aromatic rings. The lowest BCUT2D eigenvalue weighted by molar-refractivity contribution is -0.152. The van der Waals surface area contributed by atoms with Crippen LogP contribution in [0.5, 0.6) is 0 Å². The summed E-state index contributed by atoms with van der Waals surface area (Å²) >= 11 is 1.61. The van der Waals surface area contributed by atoms with Crippen LogP contribution in [0.1, 0.15) is 39.9 Å². The zero-order valence-corrected chi connectivity index (χ0v) is 17.3. The highest BCUT2D eigenvalue weighted by Crippen LogP contribution is 2.54. The average Bonchev–Trinajstić information content (AvgIpc) is 3.26. The fourth-order valence-corrected chi connectivity index (χ4v) is 5.89. The Bertz CT molecular complexity index is 974. The zero-order chi connectivity index (χ0) is 20.6. The molecule has 2 aromatic carbocycles. The second kappa shape index (κ2) is 7.67. The van der Waals surface area contributed by atoms with Gasteiger partial charge in [-0.2, -0.15) is 0 Å². The van der Waals surface area contributed by atoms with Gasteiger partial charge in [0, 0.05) is 17.7 Å². The lowest BCUT2D eigenvalue weighted by Crippen LogP contribution is -2.47. The highest BCUT2D eigenvalue weighted by atomic mass is 32.2. The molecule has 150 valence electrons. The molecule has 2 aliphatic rings. The van der Waals surface area contributed by atoms with Crippen LogP contribution >= 0.6 is 11.8 Å². The summed E-state index contributed by atoms with van der Waals surface area (Å²) in [4.78, 5) is 39.1. The van der Waals surface area contributed by atoms with Crippen molar-refractivity contribution in [2.24, 2.45) is 0 Å². The van der Waals surface area contributed by atoms with Crippen molar-refractivity contribution < 1.29 is 19.1 Å². The van der Waals surface area contributed by atoms with E-state index in [1.807, 2.05) is 56.3 Å². The average molecular weight is 410 g/mol. The van der Waals surface area contributed by atoms with Crippen molar-refractivity contribution >= 4 is 29.4 Å². The predicted molar refractivity (Wildman–Crippen MR) is 112 cm³/mol. The first-order chi connectivity index (χ1) is 13.9. The number of hydrogen-bond donors (Lipinski definition) is 0. The van der Waals surface area contributed by atoms with E-state index in [1.165, 1.54) is 0 Å². The van der Waals surface area contributed by atoms with Gasteiger partial charge in [-0.3, -0.25) is 9.59 Å². The Morgan fingerprint density at radius 3 is 2.66 bits per heavy atom. The number of benzene rings is 2. The molecule has 0 radical (unpaired) electrons. The summed E-state index contributed by atoms with van der Waals surface area (Å²) in [5.41, 5.74) is 3.52. The van der Waals surface area contributed by atoms with E-state index in [2.05, 4.69) is 0 Å². The van der Waals surface area contributed by atoms with E-state index < -0.39 is 16.9 Å². The molecule has 0 spiro atoms. The Morgan fingerprint density at radius 1 is 1.17 bits per heavy atom. The maximum atomic E-state index is 12.8. The lowest BCUT2D eigenvalue weighted by atomic mass is 10.0. The van der Waals surface area contributed by atoms with Gasteiger partial charge in [-0.15, -0.1) is 11.8 Å². The molecular formula is C23H23NO4S. The summed E-state index contributed by atoms with van der Waals surface area (Å²) < 4.78 is 5.37. The predicted octanol–water partition coefficient (Wildman–Crippen LogP) is 3.62. The zero-order valence-electron chi connectivity index (χ0n) is 16.5. The number of carbonyl (C=O) groups is 3. The van der Waals surface area contributed by atoms with Crippen LogP contribution in [-0.4, -0.2) is 41.0 Å². The summed E-state index contributed by atoms with van der Waals surface area (Å²) in [5.74, 6) is -0.314. The molecule has 29 heavy (non-hydrogen) atoms. The van der Waals surface area contributed by atoms with Gasteiger partial charge in [0.15, 0.2) is 6.61 Å². The van der Waals surface area contributed by atoms with Gasteiger partial charge in [-0.05, 0) is 31.4 Å². The number of ether oxygens (including phenoxy) is 1. The fourth-order valence-electron chi connectivity index (χ4n) is 4.25. The molecule has 0 unspecified atom stereocenters. The lowest BCUT2D eigenvalue weighted by Gasteiger charge is -2.33. The number of hydrogen-bond acceptors (Lipinski definition) is 5. The number of esters is 1. The molecule has 2 saturated heterocycles. The third-order valence-electron chi connectivity index (χ3n) is 5.65. The van der Waals surface area contributed by atoms with Crippen LogP contribution in [0.2, 0.25) is 0 Å². The minimum atomic E-state index is -0.665. The third kappa shape index (κ3) is 3.46. The number of ketones is 1. The number of carbonyl (C=O) groups excluding carboxylic acids is 3. The van der Waals surface area contributed by atoms with Gasteiger partial charge in [-0.1, -0.05) is 54.1 Å². The standard InChI is InChI=1S/C23H23NO4S/c1-15-8-9-18(16(2)12-15)20(25)13-28-22(27)19-14-29-23(11-10-21(26)24(19)23)17-6-4-3-5-7-17/h3-9,12,19H,10-11,13-14H2,1-2H3/t19-,23-/m0/s1. The maximum absolute atomic E-state index is 12.8. The SMILES string of the molecule is Cc1ccc(C(=O)COC(=O)[C@@H]2CS[C@]3(c4ccccc4)CCC(=O)N23)c(C)c1. The first kappa shape index (κ1) is 19.7. The normalized spacial score (nSPS) is 23.2. The van der Waals surface area contributed by atoms with Gasteiger partial charge in [0.2, 0.25) is 11.7 Å². The first-order valence-corrected chi connectivity index (χ1v) is 10.7. The van der Waals surface area contributed by atoms with Crippen molar-refractivity contribution in [2.45, 2.75) is 37.6 Å². The summed E-state index contributed by atoms with van der Waals surface area (Å²) in [6.07, 6.45) is 1.08. The third-order valence-corrected chi connectivity index (χ3v) is 7.25. The van der Waals surface area contributed by atoms with E-state index in [0.29, 0.717) is 24.2 Å². The number of amides is 1. The van der Waals surface area contributed by atoms with Crippen LogP contribution in [0.3, 0.4) is 0 Å². The first-order valence-electron chi connectivity index (χ1n) is 9.71. The largest absolute Gasteiger partial charge is 0.456 e.